The lowest BCUT2D eigenvalue weighted by molar-refractivity contribution is 0.484. The maximum Gasteiger partial charge on any atom is 0.135 e. The van der Waals surface area contributed by atoms with Crippen LogP contribution in [0.5, 0.6) is 23.0 Å². The number of hydrogen-bond acceptors (Lipinski definition) is 3. The van der Waals surface area contributed by atoms with Gasteiger partial charge in [0.05, 0.1) is 5.56 Å². The molecule has 34 heavy (non-hydrogen) atoms. The number of hydrogen-bond donors (Lipinski definition) is 0. The minimum absolute atomic E-state index is 0.565. The van der Waals surface area contributed by atoms with E-state index in [4.69, 9.17) is 9.47 Å². The highest BCUT2D eigenvalue weighted by Crippen LogP contribution is 2.41. The Morgan fingerprint density at radius 3 is 1.24 bits per heavy atom. The molecule has 0 heterocycles. The van der Waals surface area contributed by atoms with Crippen molar-refractivity contribution < 1.29 is 9.47 Å². The van der Waals surface area contributed by atoms with Crippen LogP contribution in [0.2, 0.25) is 0 Å². The zero-order chi connectivity index (χ0) is 23.2. The predicted molar refractivity (Wildman–Crippen MR) is 135 cm³/mol. The second-order valence-corrected chi connectivity index (χ2v) is 7.66. The van der Waals surface area contributed by atoms with E-state index in [0.717, 1.165) is 33.8 Å². The second kappa shape index (κ2) is 9.77. The third kappa shape index (κ3) is 4.39. The minimum atomic E-state index is 0.565. The molecule has 0 bridgehead atoms. The maximum absolute atomic E-state index is 10.3. The highest BCUT2D eigenvalue weighted by atomic mass is 16.5. The van der Waals surface area contributed by atoms with Crippen LogP contribution in [0.15, 0.2) is 127 Å². The maximum atomic E-state index is 10.3. The van der Waals surface area contributed by atoms with Gasteiger partial charge in [-0.25, -0.2) is 0 Å². The first-order chi connectivity index (χ1) is 16.8. The fraction of sp³-hybridized carbons (Fsp3) is 0. The van der Waals surface area contributed by atoms with Crippen molar-refractivity contribution in [1.29, 1.82) is 5.26 Å². The molecular weight excluding hydrogens is 418 g/mol. The molecule has 0 amide bonds. The van der Waals surface area contributed by atoms with Gasteiger partial charge >= 0.3 is 0 Å². The molecule has 3 nitrogen and oxygen atoms in total. The highest BCUT2D eigenvalue weighted by molar-refractivity contribution is 5.86. The van der Waals surface area contributed by atoms with Gasteiger partial charge in [-0.05, 0) is 36.4 Å². The molecule has 5 rings (SSSR count). The molecule has 0 N–H and O–H groups in total. The number of rotatable bonds is 6. The van der Waals surface area contributed by atoms with Gasteiger partial charge in [-0.3, -0.25) is 0 Å². The molecule has 162 valence electrons. The van der Waals surface area contributed by atoms with Crippen molar-refractivity contribution in [1.82, 2.24) is 0 Å². The smallest absolute Gasteiger partial charge is 0.135 e. The molecule has 5 aromatic rings. The summed E-state index contributed by atoms with van der Waals surface area (Å²) < 4.78 is 12.4. The summed E-state index contributed by atoms with van der Waals surface area (Å²) in [4.78, 5) is 0. The SMILES string of the molecule is N#Cc1c(-c2ccccc2Oc2ccccc2)cccc1-c1ccccc1Oc1ccccc1. The van der Waals surface area contributed by atoms with Crippen LogP contribution >= 0.6 is 0 Å². The largest absolute Gasteiger partial charge is 0.457 e. The van der Waals surface area contributed by atoms with E-state index in [1.165, 1.54) is 0 Å². The molecule has 0 fully saturated rings. The van der Waals surface area contributed by atoms with Gasteiger partial charge in [0.2, 0.25) is 0 Å². The van der Waals surface area contributed by atoms with E-state index in [1.807, 2.05) is 127 Å². The van der Waals surface area contributed by atoms with Gasteiger partial charge in [-0.15, -0.1) is 0 Å². The molecule has 0 atom stereocenters. The van der Waals surface area contributed by atoms with E-state index in [1.54, 1.807) is 0 Å². The van der Waals surface area contributed by atoms with E-state index < -0.39 is 0 Å². The van der Waals surface area contributed by atoms with Crippen LogP contribution in [0.1, 0.15) is 5.56 Å². The van der Waals surface area contributed by atoms with Gasteiger partial charge in [0.25, 0.3) is 0 Å². The fourth-order valence-electron chi connectivity index (χ4n) is 3.91. The fourth-order valence-corrected chi connectivity index (χ4v) is 3.91. The summed E-state index contributed by atoms with van der Waals surface area (Å²) >= 11 is 0. The van der Waals surface area contributed by atoms with E-state index in [-0.39, 0.29) is 0 Å². The first-order valence-corrected chi connectivity index (χ1v) is 11.0. The van der Waals surface area contributed by atoms with E-state index in [9.17, 15) is 5.26 Å². The Balaban J connectivity index is 1.60. The monoisotopic (exact) mass is 439 g/mol. The standard InChI is InChI=1S/C31H21NO2/c32-22-29-25(27-16-7-9-20-30(27)33-23-12-3-1-4-13-23)18-11-19-26(29)28-17-8-10-21-31(28)34-24-14-5-2-6-15-24/h1-21H. The van der Waals surface area contributed by atoms with Crippen molar-refractivity contribution in [2.24, 2.45) is 0 Å². The lowest BCUT2D eigenvalue weighted by Gasteiger charge is -2.16. The van der Waals surface area contributed by atoms with E-state index >= 15 is 0 Å². The van der Waals surface area contributed by atoms with E-state index in [0.29, 0.717) is 17.1 Å². The molecule has 0 saturated heterocycles. The summed E-state index contributed by atoms with van der Waals surface area (Å²) in [5.74, 6) is 2.87. The molecule has 0 aliphatic rings. The Kier molecular flexibility index (Phi) is 6.05. The van der Waals surface area contributed by atoms with Crippen LogP contribution in [0.25, 0.3) is 22.3 Å². The number of nitrogens with zero attached hydrogens (tertiary/aromatic N) is 1. The Hall–Kier alpha value is -4.81. The zero-order valence-electron chi connectivity index (χ0n) is 18.4. The Bertz CT molecular complexity index is 1350. The number of ether oxygens (including phenoxy) is 2. The number of nitriles is 1. The van der Waals surface area contributed by atoms with Crippen molar-refractivity contribution in [3.8, 4) is 51.3 Å². The highest BCUT2D eigenvalue weighted by Gasteiger charge is 2.17. The van der Waals surface area contributed by atoms with Gasteiger partial charge in [0, 0.05) is 22.3 Å². The van der Waals surface area contributed by atoms with Gasteiger partial charge in [-0.2, -0.15) is 5.26 Å². The van der Waals surface area contributed by atoms with Gasteiger partial charge in [0.15, 0.2) is 0 Å². The molecule has 0 spiro atoms. The van der Waals surface area contributed by atoms with Gasteiger partial charge in [0.1, 0.15) is 29.1 Å². The first-order valence-electron chi connectivity index (χ1n) is 11.0. The molecule has 0 saturated carbocycles. The summed E-state index contributed by atoms with van der Waals surface area (Å²) in [6.45, 7) is 0. The summed E-state index contributed by atoms with van der Waals surface area (Å²) in [6.07, 6.45) is 0. The van der Waals surface area contributed by atoms with Gasteiger partial charge in [-0.1, -0.05) is 91.0 Å². The molecule has 0 aliphatic carbocycles. The zero-order valence-corrected chi connectivity index (χ0v) is 18.4. The topological polar surface area (TPSA) is 42.2 Å². The van der Waals surface area contributed by atoms with Crippen LogP contribution < -0.4 is 9.47 Å². The third-order valence-electron chi connectivity index (χ3n) is 5.47. The average Bonchev–Trinajstić information content (AvgIpc) is 2.90. The van der Waals surface area contributed by atoms with Crippen molar-refractivity contribution >= 4 is 0 Å². The molecule has 0 aliphatic heterocycles. The lowest BCUT2D eigenvalue weighted by atomic mass is 9.91. The molecule has 0 aromatic heterocycles. The third-order valence-corrected chi connectivity index (χ3v) is 5.47. The molecule has 3 heteroatoms. The van der Waals surface area contributed by atoms with Crippen LogP contribution in [0, 0.1) is 11.3 Å². The molecule has 0 radical (unpaired) electrons. The van der Waals surface area contributed by atoms with Gasteiger partial charge < -0.3 is 9.47 Å². The van der Waals surface area contributed by atoms with Crippen LogP contribution in [-0.2, 0) is 0 Å². The first kappa shape index (κ1) is 21.1. The van der Waals surface area contributed by atoms with Crippen LogP contribution in [0.3, 0.4) is 0 Å². The van der Waals surface area contributed by atoms with Crippen molar-refractivity contribution in [2.45, 2.75) is 0 Å². The lowest BCUT2D eigenvalue weighted by Crippen LogP contribution is -1.94. The summed E-state index contributed by atoms with van der Waals surface area (Å²) in [5, 5.41) is 10.3. The number of para-hydroxylation sites is 4. The summed E-state index contributed by atoms with van der Waals surface area (Å²) in [7, 11) is 0. The molecule has 5 aromatic carbocycles. The normalized spacial score (nSPS) is 10.3. The predicted octanol–water partition coefficient (Wildman–Crippen LogP) is 8.48. The summed E-state index contributed by atoms with van der Waals surface area (Å²) in [5.41, 5.74) is 3.88. The average molecular weight is 440 g/mol. The molecular formula is C31H21NO2. The number of benzene rings is 5. The van der Waals surface area contributed by atoms with Crippen molar-refractivity contribution in [3.05, 3.63) is 133 Å². The Morgan fingerprint density at radius 1 is 0.412 bits per heavy atom. The van der Waals surface area contributed by atoms with E-state index in [2.05, 4.69) is 6.07 Å². The van der Waals surface area contributed by atoms with Crippen molar-refractivity contribution in [2.75, 3.05) is 0 Å². The Labute approximate surface area is 199 Å². The summed E-state index contributed by atoms with van der Waals surface area (Å²) in [6, 6.07) is 43.1. The van der Waals surface area contributed by atoms with Crippen molar-refractivity contribution in [3.63, 3.8) is 0 Å². The van der Waals surface area contributed by atoms with Crippen LogP contribution in [0.4, 0.5) is 0 Å². The Morgan fingerprint density at radius 2 is 0.794 bits per heavy atom. The quantitative estimate of drug-likeness (QED) is 0.266. The minimum Gasteiger partial charge on any atom is -0.457 e. The van der Waals surface area contributed by atoms with Crippen LogP contribution in [-0.4, -0.2) is 0 Å². The second-order valence-electron chi connectivity index (χ2n) is 7.66. The molecule has 0 unspecified atom stereocenters.